The van der Waals surface area contributed by atoms with Gasteiger partial charge in [0, 0.05) is 13.6 Å². The lowest BCUT2D eigenvalue weighted by molar-refractivity contribution is 0.475. The highest BCUT2D eigenvalue weighted by Crippen LogP contribution is 2.06. The van der Waals surface area contributed by atoms with Crippen molar-refractivity contribution >= 4 is 0 Å². The summed E-state index contributed by atoms with van der Waals surface area (Å²) >= 11 is 0. The SMILES string of the molecule is C=C/C(N)=C(\C=C)N(C)C/C=C/C=C\C=C/C. The molecule has 92 valence electrons. The molecule has 2 nitrogen and oxygen atoms in total. The molecular weight excluding hydrogens is 208 g/mol. The molecule has 0 aliphatic rings. The van der Waals surface area contributed by atoms with Gasteiger partial charge in [0.1, 0.15) is 0 Å². The summed E-state index contributed by atoms with van der Waals surface area (Å²) in [5, 5.41) is 0. The summed E-state index contributed by atoms with van der Waals surface area (Å²) in [7, 11) is 1.97. The van der Waals surface area contributed by atoms with Gasteiger partial charge >= 0.3 is 0 Å². The van der Waals surface area contributed by atoms with Crippen molar-refractivity contribution in [1.29, 1.82) is 0 Å². The normalized spacial score (nSPS) is 13.3. The maximum atomic E-state index is 5.80. The van der Waals surface area contributed by atoms with E-state index < -0.39 is 0 Å². The Hall–Kier alpha value is -1.96. The molecule has 0 amide bonds. The number of hydrogen-bond acceptors (Lipinski definition) is 2. The van der Waals surface area contributed by atoms with Crippen molar-refractivity contribution in [3.05, 3.63) is 73.2 Å². The molecule has 0 aromatic rings. The minimum absolute atomic E-state index is 0.639. The number of allylic oxidation sites excluding steroid dienone is 7. The highest BCUT2D eigenvalue weighted by atomic mass is 15.1. The number of rotatable bonds is 7. The molecule has 0 bridgehead atoms. The number of likely N-dealkylation sites (N-methyl/N-ethyl adjacent to an activating group) is 1. The van der Waals surface area contributed by atoms with Gasteiger partial charge in [0.15, 0.2) is 0 Å². The van der Waals surface area contributed by atoms with Gasteiger partial charge in [-0.15, -0.1) is 0 Å². The fourth-order valence-electron chi connectivity index (χ4n) is 1.23. The first-order valence-electron chi connectivity index (χ1n) is 5.57. The summed E-state index contributed by atoms with van der Waals surface area (Å²) in [6, 6.07) is 0. The van der Waals surface area contributed by atoms with Crippen LogP contribution in [0, 0.1) is 0 Å². The summed E-state index contributed by atoms with van der Waals surface area (Å²) in [6.45, 7) is 10.2. The first kappa shape index (κ1) is 15.0. The maximum absolute atomic E-state index is 5.80. The average molecular weight is 230 g/mol. The highest BCUT2D eigenvalue weighted by Gasteiger charge is 2.01. The van der Waals surface area contributed by atoms with Gasteiger partial charge in [-0.3, -0.25) is 0 Å². The van der Waals surface area contributed by atoms with E-state index in [1.807, 2.05) is 49.3 Å². The third-order valence-corrected chi connectivity index (χ3v) is 2.16. The molecule has 0 fully saturated rings. The smallest absolute Gasteiger partial charge is 0.0593 e. The molecule has 0 radical (unpaired) electrons. The molecule has 2 heteroatoms. The van der Waals surface area contributed by atoms with Crippen LogP contribution in [0.25, 0.3) is 0 Å². The van der Waals surface area contributed by atoms with Crippen LogP contribution in [0.15, 0.2) is 73.2 Å². The van der Waals surface area contributed by atoms with Gasteiger partial charge in [0.25, 0.3) is 0 Å². The second-order valence-corrected chi connectivity index (χ2v) is 3.47. The van der Waals surface area contributed by atoms with E-state index in [1.165, 1.54) is 0 Å². The number of hydrogen-bond donors (Lipinski definition) is 1. The standard InChI is InChI=1S/C15H22N2/c1-5-8-9-10-11-12-13-17(4)15(7-3)14(16)6-2/h5-12H,2-3,13,16H2,1,4H3/b8-5-,10-9-,12-11+,15-14-. The molecule has 2 N–H and O–H groups in total. The van der Waals surface area contributed by atoms with Crippen molar-refractivity contribution in [1.82, 2.24) is 4.90 Å². The molecule has 0 saturated heterocycles. The second-order valence-electron chi connectivity index (χ2n) is 3.47. The zero-order valence-corrected chi connectivity index (χ0v) is 10.8. The van der Waals surface area contributed by atoms with Gasteiger partial charge in [-0.1, -0.05) is 49.6 Å². The molecule has 0 heterocycles. The zero-order chi connectivity index (χ0) is 13.1. The van der Waals surface area contributed by atoms with Crippen LogP contribution >= 0.6 is 0 Å². The summed E-state index contributed by atoms with van der Waals surface area (Å²) in [5.74, 6) is 0. The van der Waals surface area contributed by atoms with Gasteiger partial charge in [-0.05, 0) is 19.1 Å². The van der Waals surface area contributed by atoms with Crippen LogP contribution < -0.4 is 5.73 Å². The summed E-state index contributed by atoms with van der Waals surface area (Å²) in [4.78, 5) is 2.02. The van der Waals surface area contributed by atoms with E-state index in [4.69, 9.17) is 5.73 Å². The van der Waals surface area contributed by atoms with Gasteiger partial charge in [-0.2, -0.15) is 0 Å². The van der Waals surface area contributed by atoms with E-state index in [0.29, 0.717) is 5.70 Å². The molecule has 0 aliphatic carbocycles. The Morgan fingerprint density at radius 3 is 2.29 bits per heavy atom. The molecule has 0 saturated carbocycles. The van der Waals surface area contributed by atoms with Crippen molar-refractivity contribution in [2.24, 2.45) is 5.73 Å². The predicted molar refractivity (Wildman–Crippen MR) is 77.3 cm³/mol. The first-order chi connectivity index (χ1) is 8.17. The van der Waals surface area contributed by atoms with Crippen molar-refractivity contribution in [2.45, 2.75) is 6.92 Å². The van der Waals surface area contributed by atoms with E-state index in [0.717, 1.165) is 12.2 Å². The van der Waals surface area contributed by atoms with Crippen LogP contribution in [-0.4, -0.2) is 18.5 Å². The van der Waals surface area contributed by atoms with Crippen molar-refractivity contribution in [2.75, 3.05) is 13.6 Å². The van der Waals surface area contributed by atoms with Crippen molar-refractivity contribution in [3.8, 4) is 0 Å². The highest BCUT2D eigenvalue weighted by molar-refractivity contribution is 5.28. The quantitative estimate of drug-likeness (QED) is 0.681. The van der Waals surface area contributed by atoms with Crippen LogP contribution in [0.4, 0.5) is 0 Å². The Bertz CT molecular complexity index is 357. The predicted octanol–water partition coefficient (Wildman–Crippen LogP) is 3.15. The molecule has 0 aromatic heterocycles. The van der Waals surface area contributed by atoms with Crippen molar-refractivity contribution < 1.29 is 0 Å². The van der Waals surface area contributed by atoms with Crippen LogP contribution in [0.5, 0.6) is 0 Å². The average Bonchev–Trinajstić information content (AvgIpc) is 2.34. The minimum atomic E-state index is 0.639. The largest absolute Gasteiger partial charge is 0.397 e. The Morgan fingerprint density at radius 1 is 1.12 bits per heavy atom. The van der Waals surface area contributed by atoms with Crippen LogP contribution in [0.2, 0.25) is 0 Å². The Kier molecular flexibility index (Phi) is 8.21. The molecule has 0 aliphatic heterocycles. The van der Waals surface area contributed by atoms with Crippen molar-refractivity contribution in [3.63, 3.8) is 0 Å². The molecule has 0 atom stereocenters. The summed E-state index contributed by atoms with van der Waals surface area (Å²) < 4.78 is 0. The van der Waals surface area contributed by atoms with E-state index in [1.54, 1.807) is 12.2 Å². The van der Waals surface area contributed by atoms with Crippen LogP contribution in [0.3, 0.4) is 0 Å². The molecular formula is C15H22N2. The lowest BCUT2D eigenvalue weighted by Crippen LogP contribution is -2.19. The molecule has 0 unspecified atom stereocenters. The number of nitrogens with zero attached hydrogens (tertiary/aromatic N) is 1. The Balaban J connectivity index is 4.39. The minimum Gasteiger partial charge on any atom is -0.397 e. The third-order valence-electron chi connectivity index (χ3n) is 2.16. The Labute approximate surface area is 105 Å². The van der Waals surface area contributed by atoms with Crippen LogP contribution in [0.1, 0.15) is 6.92 Å². The fourth-order valence-corrected chi connectivity index (χ4v) is 1.23. The molecule has 0 rings (SSSR count). The van der Waals surface area contributed by atoms with E-state index >= 15 is 0 Å². The topological polar surface area (TPSA) is 29.3 Å². The number of nitrogens with two attached hydrogens (primary N) is 1. The third kappa shape index (κ3) is 6.25. The molecule has 0 spiro atoms. The van der Waals surface area contributed by atoms with E-state index in [-0.39, 0.29) is 0 Å². The monoisotopic (exact) mass is 230 g/mol. The van der Waals surface area contributed by atoms with Gasteiger partial charge < -0.3 is 10.6 Å². The summed E-state index contributed by atoms with van der Waals surface area (Å²) in [6.07, 6.45) is 15.4. The first-order valence-corrected chi connectivity index (χ1v) is 5.57. The molecule has 0 aromatic carbocycles. The zero-order valence-electron chi connectivity index (χ0n) is 10.8. The second kappa shape index (κ2) is 9.28. The molecule has 17 heavy (non-hydrogen) atoms. The van der Waals surface area contributed by atoms with Gasteiger partial charge in [0.05, 0.1) is 11.4 Å². The Morgan fingerprint density at radius 2 is 1.76 bits per heavy atom. The lowest BCUT2D eigenvalue weighted by atomic mass is 10.3. The maximum Gasteiger partial charge on any atom is 0.0593 e. The van der Waals surface area contributed by atoms with E-state index in [2.05, 4.69) is 19.2 Å². The van der Waals surface area contributed by atoms with Gasteiger partial charge in [0.2, 0.25) is 0 Å². The van der Waals surface area contributed by atoms with Gasteiger partial charge in [-0.25, -0.2) is 0 Å². The van der Waals surface area contributed by atoms with Crippen LogP contribution in [-0.2, 0) is 0 Å². The summed E-state index contributed by atoms with van der Waals surface area (Å²) in [5.41, 5.74) is 7.33. The van der Waals surface area contributed by atoms with E-state index in [9.17, 15) is 0 Å². The lowest BCUT2D eigenvalue weighted by Gasteiger charge is -2.19. The fraction of sp³-hybridized carbons (Fsp3) is 0.200.